The van der Waals surface area contributed by atoms with Gasteiger partial charge in [-0.25, -0.2) is 0 Å². The Balaban J connectivity index is 1.69. The smallest absolute Gasteiger partial charge is 0.141 e. The third-order valence-corrected chi connectivity index (χ3v) is 8.19. The first-order valence-corrected chi connectivity index (χ1v) is 9.12. The molecule has 7 atom stereocenters. The zero-order valence-corrected chi connectivity index (χ0v) is 13.8. The number of Topliss-reactive ketones (excluding diaryl/α,β-unsaturated/α-hetero) is 2. The molecule has 0 bridgehead atoms. The van der Waals surface area contributed by atoms with Crippen LogP contribution in [0, 0.1) is 34.5 Å². The van der Waals surface area contributed by atoms with Crippen molar-refractivity contribution in [3.8, 4) is 0 Å². The van der Waals surface area contributed by atoms with Crippen LogP contribution in [0.4, 0.5) is 0 Å². The van der Waals surface area contributed by atoms with E-state index < -0.39 is 6.10 Å². The molecule has 3 heteroatoms. The van der Waals surface area contributed by atoms with Gasteiger partial charge in [-0.1, -0.05) is 13.8 Å². The molecule has 4 fully saturated rings. The number of carbonyl (C=O) groups excluding carboxylic acids is 2. The highest BCUT2D eigenvalue weighted by Crippen LogP contribution is 2.64. The van der Waals surface area contributed by atoms with Crippen LogP contribution in [0.3, 0.4) is 0 Å². The van der Waals surface area contributed by atoms with E-state index in [0.29, 0.717) is 41.7 Å². The van der Waals surface area contributed by atoms with E-state index in [1.807, 2.05) is 0 Å². The highest BCUT2D eigenvalue weighted by atomic mass is 16.3. The molecule has 1 N–H and O–H groups in total. The lowest BCUT2D eigenvalue weighted by Gasteiger charge is -2.58. The van der Waals surface area contributed by atoms with Gasteiger partial charge >= 0.3 is 0 Å². The SMILES string of the molecule is C[C@]12C(=O)C[C@@H](O)C[C@@H]1CC[C@@H]1[C@@H]2CC[C@]2(C)C(=O)CC[C@@H]12. The molecule has 0 saturated heterocycles. The minimum atomic E-state index is -0.427. The fourth-order valence-electron chi connectivity index (χ4n) is 6.84. The molecule has 3 nitrogen and oxygen atoms in total. The largest absolute Gasteiger partial charge is 0.393 e. The van der Waals surface area contributed by atoms with E-state index in [0.717, 1.165) is 44.9 Å². The van der Waals surface area contributed by atoms with E-state index in [1.165, 1.54) is 0 Å². The lowest BCUT2D eigenvalue weighted by Crippen LogP contribution is -2.57. The highest BCUT2D eigenvalue weighted by Gasteiger charge is 2.62. The number of aliphatic hydroxyl groups is 1. The first kappa shape index (κ1) is 14.9. The van der Waals surface area contributed by atoms with E-state index in [9.17, 15) is 14.7 Å². The van der Waals surface area contributed by atoms with Crippen molar-refractivity contribution >= 4 is 11.6 Å². The van der Waals surface area contributed by atoms with Gasteiger partial charge in [0.15, 0.2) is 0 Å². The van der Waals surface area contributed by atoms with Crippen LogP contribution < -0.4 is 0 Å². The van der Waals surface area contributed by atoms with Crippen molar-refractivity contribution in [3.05, 3.63) is 0 Å². The van der Waals surface area contributed by atoms with Crippen molar-refractivity contribution in [1.82, 2.24) is 0 Å². The number of fused-ring (bicyclic) bond motifs is 5. The lowest BCUT2D eigenvalue weighted by molar-refractivity contribution is -0.162. The van der Waals surface area contributed by atoms with Gasteiger partial charge in [-0.15, -0.1) is 0 Å². The van der Waals surface area contributed by atoms with Gasteiger partial charge in [-0.3, -0.25) is 9.59 Å². The predicted molar refractivity (Wildman–Crippen MR) is 83.1 cm³/mol. The number of rotatable bonds is 0. The van der Waals surface area contributed by atoms with Crippen LogP contribution in [0.5, 0.6) is 0 Å². The van der Waals surface area contributed by atoms with E-state index in [1.54, 1.807) is 0 Å². The second kappa shape index (κ2) is 4.66. The predicted octanol–water partition coefficient (Wildman–Crippen LogP) is 3.14. The zero-order valence-electron chi connectivity index (χ0n) is 13.8. The van der Waals surface area contributed by atoms with E-state index in [4.69, 9.17) is 0 Å². The van der Waals surface area contributed by atoms with Gasteiger partial charge in [0, 0.05) is 23.7 Å². The van der Waals surface area contributed by atoms with Gasteiger partial charge in [0.1, 0.15) is 11.6 Å². The number of hydrogen-bond donors (Lipinski definition) is 1. The molecule has 22 heavy (non-hydrogen) atoms. The molecule has 4 saturated carbocycles. The van der Waals surface area contributed by atoms with Crippen molar-refractivity contribution in [1.29, 1.82) is 0 Å². The van der Waals surface area contributed by atoms with Gasteiger partial charge in [0.2, 0.25) is 0 Å². The van der Waals surface area contributed by atoms with Crippen molar-refractivity contribution in [3.63, 3.8) is 0 Å². The van der Waals surface area contributed by atoms with E-state index >= 15 is 0 Å². The Hall–Kier alpha value is -0.700. The average Bonchev–Trinajstić information content (AvgIpc) is 2.77. The Morgan fingerprint density at radius 3 is 2.55 bits per heavy atom. The van der Waals surface area contributed by atoms with Crippen LogP contribution >= 0.6 is 0 Å². The molecule has 4 aliphatic carbocycles. The fourth-order valence-corrected chi connectivity index (χ4v) is 6.84. The molecule has 0 aromatic heterocycles. The second-order valence-corrected chi connectivity index (χ2v) is 8.87. The molecule has 122 valence electrons. The molecular formula is C19H28O3. The van der Waals surface area contributed by atoms with Crippen molar-refractivity contribution in [2.75, 3.05) is 0 Å². The molecule has 0 spiro atoms. The summed E-state index contributed by atoms with van der Waals surface area (Å²) >= 11 is 0. The molecular weight excluding hydrogens is 276 g/mol. The van der Waals surface area contributed by atoms with E-state index in [-0.39, 0.29) is 10.8 Å². The monoisotopic (exact) mass is 304 g/mol. The molecule has 0 radical (unpaired) electrons. The summed E-state index contributed by atoms with van der Waals surface area (Å²) in [6.07, 6.45) is 6.70. The van der Waals surface area contributed by atoms with Gasteiger partial charge in [0.05, 0.1) is 6.10 Å². The van der Waals surface area contributed by atoms with Gasteiger partial charge in [0.25, 0.3) is 0 Å². The van der Waals surface area contributed by atoms with Gasteiger partial charge < -0.3 is 5.11 Å². The molecule has 4 aliphatic rings. The Labute approximate surface area is 132 Å². The van der Waals surface area contributed by atoms with Crippen molar-refractivity contribution in [2.45, 2.75) is 71.3 Å². The second-order valence-electron chi connectivity index (χ2n) is 8.87. The topological polar surface area (TPSA) is 54.4 Å². The Kier molecular flexibility index (Phi) is 3.15. The highest BCUT2D eigenvalue weighted by molar-refractivity contribution is 5.88. The first-order valence-electron chi connectivity index (χ1n) is 9.12. The summed E-state index contributed by atoms with van der Waals surface area (Å²) in [6.45, 7) is 4.37. The minimum Gasteiger partial charge on any atom is -0.393 e. The Bertz CT molecular complexity index is 527. The maximum absolute atomic E-state index is 12.8. The van der Waals surface area contributed by atoms with E-state index in [2.05, 4.69) is 13.8 Å². The summed E-state index contributed by atoms with van der Waals surface area (Å²) in [7, 11) is 0. The Morgan fingerprint density at radius 2 is 1.77 bits per heavy atom. The summed E-state index contributed by atoms with van der Waals surface area (Å²) < 4.78 is 0. The van der Waals surface area contributed by atoms with Crippen LogP contribution in [0.2, 0.25) is 0 Å². The summed E-state index contributed by atoms with van der Waals surface area (Å²) in [4.78, 5) is 25.2. The van der Waals surface area contributed by atoms with Gasteiger partial charge in [-0.05, 0) is 62.2 Å². The molecule has 0 unspecified atom stereocenters. The maximum Gasteiger partial charge on any atom is 0.141 e. The standard InChI is InChI=1S/C19H28O3/c1-18-8-7-15-13(14(18)5-6-16(18)21)4-3-11-9-12(20)10-17(22)19(11,15)2/h11-15,20H,3-10H2,1-2H3/t11-,12-,13-,14-,15-,18-,19-/m0/s1. The fraction of sp³-hybridized carbons (Fsp3) is 0.895. The minimum absolute atomic E-state index is 0.110. The summed E-state index contributed by atoms with van der Waals surface area (Å²) in [5, 5.41) is 9.99. The van der Waals surface area contributed by atoms with Gasteiger partial charge in [-0.2, -0.15) is 0 Å². The molecule has 0 aromatic rings. The maximum atomic E-state index is 12.8. The number of carbonyl (C=O) groups is 2. The lowest BCUT2D eigenvalue weighted by atomic mass is 9.45. The molecule has 4 rings (SSSR count). The number of hydrogen-bond acceptors (Lipinski definition) is 3. The number of aliphatic hydroxyl groups excluding tert-OH is 1. The Morgan fingerprint density at radius 1 is 1.00 bits per heavy atom. The van der Waals surface area contributed by atoms with Crippen LogP contribution in [-0.4, -0.2) is 22.8 Å². The summed E-state index contributed by atoms with van der Waals surface area (Å²) in [5.74, 6) is 2.59. The summed E-state index contributed by atoms with van der Waals surface area (Å²) in [5.41, 5.74) is -0.350. The zero-order chi connectivity index (χ0) is 15.7. The third kappa shape index (κ3) is 1.72. The first-order chi connectivity index (χ1) is 10.4. The number of ketones is 2. The normalized spacial score (nSPS) is 54.6. The van der Waals surface area contributed by atoms with Crippen LogP contribution in [-0.2, 0) is 9.59 Å². The quantitative estimate of drug-likeness (QED) is 0.748. The van der Waals surface area contributed by atoms with Crippen LogP contribution in [0.1, 0.15) is 65.2 Å². The van der Waals surface area contributed by atoms with Crippen LogP contribution in [0.15, 0.2) is 0 Å². The van der Waals surface area contributed by atoms with Crippen molar-refractivity contribution < 1.29 is 14.7 Å². The molecule has 0 aliphatic heterocycles. The molecule has 0 heterocycles. The van der Waals surface area contributed by atoms with Crippen molar-refractivity contribution in [2.24, 2.45) is 34.5 Å². The average molecular weight is 304 g/mol. The summed E-state index contributed by atoms with van der Waals surface area (Å²) in [6, 6.07) is 0. The van der Waals surface area contributed by atoms with Crippen LogP contribution in [0.25, 0.3) is 0 Å². The molecule has 0 amide bonds. The molecule has 0 aromatic carbocycles. The third-order valence-electron chi connectivity index (χ3n) is 8.19.